The first-order chi connectivity index (χ1) is 21.4. The van der Waals surface area contributed by atoms with Gasteiger partial charge in [0.1, 0.15) is 19.0 Å². The molecule has 9 heteroatoms. The summed E-state index contributed by atoms with van der Waals surface area (Å²) in [6, 6.07) is 31.2. The Morgan fingerprint density at radius 3 is 2.20 bits per heavy atom. The lowest BCUT2D eigenvalue weighted by Gasteiger charge is -2.25. The molecule has 0 bridgehead atoms. The smallest absolute Gasteiger partial charge is 0.338 e. The van der Waals surface area contributed by atoms with Gasteiger partial charge in [-0.2, -0.15) is 0 Å². The van der Waals surface area contributed by atoms with Crippen LogP contribution in [0.1, 0.15) is 35.2 Å². The highest BCUT2D eigenvalue weighted by Gasteiger charge is 2.33. The lowest BCUT2D eigenvalue weighted by atomic mass is 9.96. The fraction of sp³-hybridized carbons (Fsp3) is 0.114. The van der Waals surface area contributed by atoms with E-state index in [4.69, 9.17) is 32.7 Å². The number of rotatable bonds is 8. The summed E-state index contributed by atoms with van der Waals surface area (Å²) >= 11 is 13.6. The molecule has 0 radical (unpaired) electrons. The number of nitrogens with zero attached hydrogens (tertiary/aromatic N) is 2. The Bertz CT molecular complexity index is 2040. The van der Waals surface area contributed by atoms with Crippen LogP contribution in [0.25, 0.3) is 6.08 Å². The van der Waals surface area contributed by atoms with Crippen LogP contribution in [0.3, 0.4) is 0 Å². The van der Waals surface area contributed by atoms with Crippen molar-refractivity contribution in [1.29, 1.82) is 0 Å². The fourth-order valence-corrected chi connectivity index (χ4v) is 6.29. The number of ether oxygens (including phenoxy) is 2. The maximum atomic E-state index is 14.0. The zero-order valence-electron chi connectivity index (χ0n) is 23.6. The summed E-state index contributed by atoms with van der Waals surface area (Å²) in [5.41, 5.74) is 3.85. The average Bonchev–Trinajstić information content (AvgIpc) is 3.35. The second-order valence-corrected chi connectivity index (χ2v) is 12.0. The van der Waals surface area contributed by atoms with Crippen LogP contribution in [0.5, 0.6) is 5.75 Å². The molecule has 6 rings (SSSR count). The lowest BCUT2D eigenvalue weighted by Crippen LogP contribution is -2.39. The maximum absolute atomic E-state index is 14.0. The second kappa shape index (κ2) is 13.1. The van der Waals surface area contributed by atoms with Gasteiger partial charge in [-0.25, -0.2) is 9.79 Å². The van der Waals surface area contributed by atoms with Gasteiger partial charge in [-0.1, -0.05) is 113 Å². The van der Waals surface area contributed by atoms with Gasteiger partial charge < -0.3 is 9.47 Å². The molecular weight excluding hydrogens is 615 g/mol. The standard InChI is InChI=1S/C35H26Cl2N2O4S/c1-22-31(34(41)43-21-24-10-6-3-7-11-24)32(26-13-15-27(16-14-26)42-20-23-8-4-2-5-9-23)39-33(40)30(44-35(39)38-22)19-25-12-17-28(36)29(37)18-25/h2-19,32H,20-21H2,1H3/b30-19-/t32-/m0/s1. The summed E-state index contributed by atoms with van der Waals surface area (Å²) in [7, 11) is 0. The zero-order chi connectivity index (χ0) is 30.6. The van der Waals surface area contributed by atoms with Crippen molar-refractivity contribution >= 4 is 46.6 Å². The first-order valence-electron chi connectivity index (χ1n) is 13.8. The largest absolute Gasteiger partial charge is 0.489 e. The van der Waals surface area contributed by atoms with Gasteiger partial charge in [0.25, 0.3) is 5.56 Å². The van der Waals surface area contributed by atoms with E-state index in [9.17, 15) is 9.59 Å². The summed E-state index contributed by atoms with van der Waals surface area (Å²) < 4.78 is 13.7. The Morgan fingerprint density at radius 2 is 1.55 bits per heavy atom. The minimum absolute atomic E-state index is 0.0944. The van der Waals surface area contributed by atoms with Crippen LogP contribution in [0.2, 0.25) is 10.0 Å². The van der Waals surface area contributed by atoms with Gasteiger partial charge >= 0.3 is 5.97 Å². The van der Waals surface area contributed by atoms with Crippen molar-refractivity contribution in [2.75, 3.05) is 0 Å². The molecule has 0 amide bonds. The third-order valence-corrected chi connectivity index (χ3v) is 8.86. The first-order valence-corrected chi connectivity index (χ1v) is 15.4. The number of esters is 1. The van der Waals surface area contributed by atoms with Crippen molar-refractivity contribution < 1.29 is 14.3 Å². The molecule has 220 valence electrons. The van der Waals surface area contributed by atoms with Gasteiger partial charge in [0.2, 0.25) is 0 Å². The van der Waals surface area contributed by atoms with Crippen molar-refractivity contribution in [3.05, 3.63) is 166 Å². The van der Waals surface area contributed by atoms with Gasteiger partial charge in [-0.15, -0.1) is 0 Å². The van der Waals surface area contributed by atoms with Crippen molar-refractivity contribution in [2.24, 2.45) is 4.99 Å². The average molecular weight is 642 g/mol. The van der Waals surface area contributed by atoms with Crippen LogP contribution in [0.15, 0.2) is 124 Å². The van der Waals surface area contributed by atoms with Crippen LogP contribution < -0.4 is 19.6 Å². The third-order valence-electron chi connectivity index (χ3n) is 7.14. The summed E-state index contributed by atoms with van der Waals surface area (Å²) in [4.78, 5) is 32.8. The Hall–Kier alpha value is -4.43. The monoisotopic (exact) mass is 640 g/mol. The molecule has 5 aromatic rings. The molecule has 6 nitrogen and oxygen atoms in total. The number of carbonyl (C=O) groups is 1. The maximum Gasteiger partial charge on any atom is 0.338 e. The number of carbonyl (C=O) groups excluding carboxylic acids is 1. The van der Waals surface area contributed by atoms with Crippen LogP contribution in [-0.4, -0.2) is 10.5 Å². The molecule has 0 N–H and O–H groups in total. The van der Waals surface area contributed by atoms with Crippen molar-refractivity contribution in [2.45, 2.75) is 26.2 Å². The highest BCUT2D eigenvalue weighted by Crippen LogP contribution is 2.32. The molecule has 0 saturated carbocycles. The molecule has 2 heterocycles. The Kier molecular flexibility index (Phi) is 8.79. The molecule has 0 fully saturated rings. The van der Waals surface area contributed by atoms with Gasteiger partial charge in [-0.3, -0.25) is 9.36 Å². The fourth-order valence-electron chi connectivity index (χ4n) is 4.94. The highest BCUT2D eigenvalue weighted by molar-refractivity contribution is 7.07. The van der Waals surface area contributed by atoms with Crippen LogP contribution in [0, 0.1) is 0 Å². The molecule has 4 aromatic carbocycles. The SMILES string of the molecule is CC1=C(C(=O)OCc2ccccc2)[C@H](c2ccc(OCc3ccccc3)cc2)n2c(s/c(=C\c3ccc(Cl)c(Cl)c3)c2=O)=N1. The van der Waals surface area contributed by atoms with E-state index in [1.807, 2.05) is 84.9 Å². The van der Waals surface area contributed by atoms with Gasteiger partial charge in [0, 0.05) is 0 Å². The molecule has 1 aromatic heterocycles. The lowest BCUT2D eigenvalue weighted by molar-refractivity contribution is -0.140. The van der Waals surface area contributed by atoms with Crippen molar-refractivity contribution in [3.8, 4) is 5.75 Å². The van der Waals surface area contributed by atoms with Crippen molar-refractivity contribution in [3.63, 3.8) is 0 Å². The normalized spacial score (nSPS) is 14.6. The third kappa shape index (κ3) is 6.40. The van der Waals surface area contributed by atoms with E-state index in [0.29, 0.717) is 43.0 Å². The molecular formula is C35H26Cl2N2O4S. The van der Waals surface area contributed by atoms with Crippen molar-refractivity contribution in [1.82, 2.24) is 4.57 Å². The Morgan fingerprint density at radius 1 is 0.886 bits per heavy atom. The molecule has 1 atom stereocenters. The molecule has 44 heavy (non-hydrogen) atoms. The number of aromatic nitrogens is 1. The summed E-state index contributed by atoms with van der Waals surface area (Å²) in [5.74, 6) is 0.127. The predicted octanol–water partition coefficient (Wildman–Crippen LogP) is 6.86. The molecule has 0 saturated heterocycles. The van der Waals surface area contributed by atoms with E-state index in [0.717, 1.165) is 22.3 Å². The summed E-state index contributed by atoms with van der Waals surface area (Å²) in [5, 5.41) is 0.815. The Labute approximate surface area is 267 Å². The van der Waals surface area contributed by atoms with Crippen LogP contribution in [0.4, 0.5) is 0 Å². The number of hydrogen-bond donors (Lipinski definition) is 0. The van der Waals surface area contributed by atoms with E-state index < -0.39 is 12.0 Å². The summed E-state index contributed by atoms with van der Waals surface area (Å²) in [6.07, 6.45) is 1.75. The van der Waals surface area contributed by atoms with Gasteiger partial charge in [0.05, 0.1) is 31.9 Å². The topological polar surface area (TPSA) is 69.9 Å². The zero-order valence-corrected chi connectivity index (χ0v) is 25.9. The quantitative estimate of drug-likeness (QED) is 0.174. The number of hydrogen-bond acceptors (Lipinski definition) is 6. The number of allylic oxidation sites excluding steroid dienone is 1. The number of benzene rings is 4. The van der Waals surface area contributed by atoms with E-state index in [-0.39, 0.29) is 12.2 Å². The second-order valence-electron chi connectivity index (χ2n) is 10.2. The van der Waals surface area contributed by atoms with Gasteiger partial charge in [0.15, 0.2) is 4.80 Å². The molecule has 0 spiro atoms. The minimum atomic E-state index is -0.756. The number of halogens is 2. The number of fused-ring (bicyclic) bond motifs is 1. The highest BCUT2D eigenvalue weighted by atomic mass is 35.5. The predicted molar refractivity (Wildman–Crippen MR) is 174 cm³/mol. The first kappa shape index (κ1) is 29.6. The van der Waals surface area contributed by atoms with E-state index in [2.05, 4.69) is 4.99 Å². The number of thiazole rings is 1. The van der Waals surface area contributed by atoms with E-state index in [1.165, 1.54) is 11.3 Å². The molecule has 0 aliphatic carbocycles. The summed E-state index contributed by atoms with van der Waals surface area (Å²) in [6.45, 7) is 2.28. The molecule has 0 unspecified atom stereocenters. The van der Waals surface area contributed by atoms with Crippen LogP contribution >= 0.6 is 34.5 Å². The Balaban J connectivity index is 1.38. The van der Waals surface area contributed by atoms with Gasteiger partial charge in [-0.05, 0) is 59.5 Å². The molecule has 1 aliphatic heterocycles. The minimum Gasteiger partial charge on any atom is -0.489 e. The van der Waals surface area contributed by atoms with Crippen LogP contribution in [-0.2, 0) is 22.7 Å². The molecule has 1 aliphatic rings. The van der Waals surface area contributed by atoms with E-state index in [1.54, 1.807) is 35.8 Å². The van der Waals surface area contributed by atoms with E-state index >= 15 is 0 Å².